The summed E-state index contributed by atoms with van der Waals surface area (Å²) in [7, 11) is 1.99. The Morgan fingerprint density at radius 2 is 2.18 bits per heavy atom. The summed E-state index contributed by atoms with van der Waals surface area (Å²) in [5.41, 5.74) is 1.42. The van der Waals surface area contributed by atoms with Crippen molar-refractivity contribution in [1.82, 2.24) is 5.32 Å². The molecule has 0 aliphatic heterocycles. The van der Waals surface area contributed by atoms with Crippen LogP contribution in [0.2, 0.25) is 0 Å². The minimum absolute atomic E-state index is 0.580. The fourth-order valence-corrected chi connectivity index (χ4v) is 0.914. The maximum absolute atomic E-state index is 3.21. The first-order chi connectivity index (χ1) is 5.20. The van der Waals surface area contributed by atoms with Crippen LogP contribution < -0.4 is 5.32 Å². The van der Waals surface area contributed by atoms with Crippen molar-refractivity contribution in [2.24, 2.45) is 0 Å². The highest BCUT2D eigenvalue weighted by Gasteiger charge is 1.96. The van der Waals surface area contributed by atoms with Gasteiger partial charge in [0.25, 0.3) is 0 Å². The lowest BCUT2D eigenvalue weighted by atomic mass is 10.1. The van der Waals surface area contributed by atoms with E-state index in [2.05, 4.69) is 31.3 Å². The summed E-state index contributed by atoms with van der Waals surface area (Å²) < 4.78 is 0. The molecule has 0 aliphatic carbocycles. The van der Waals surface area contributed by atoms with Gasteiger partial charge in [0.15, 0.2) is 0 Å². The zero-order valence-electron chi connectivity index (χ0n) is 8.02. The lowest BCUT2D eigenvalue weighted by molar-refractivity contribution is 0.605. The highest BCUT2D eigenvalue weighted by atomic mass is 14.8. The third-order valence-corrected chi connectivity index (χ3v) is 1.69. The lowest BCUT2D eigenvalue weighted by Gasteiger charge is -2.08. The molecule has 0 aromatic heterocycles. The fourth-order valence-electron chi connectivity index (χ4n) is 0.914. The van der Waals surface area contributed by atoms with Crippen LogP contribution in [-0.2, 0) is 0 Å². The largest absolute Gasteiger partial charge is 0.317 e. The third-order valence-electron chi connectivity index (χ3n) is 1.69. The van der Waals surface area contributed by atoms with Crippen molar-refractivity contribution in [3.05, 3.63) is 23.8 Å². The topological polar surface area (TPSA) is 12.0 Å². The molecule has 0 heterocycles. The van der Waals surface area contributed by atoms with Gasteiger partial charge in [0.1, 0.15) is 0 Å². The van der Waals surface area contributed by atoms with Crippen LogP contribution in [0.15, 0.2) is 23.8 Å². The van der Waals surface area contributed by atoms with E-state index in [-0.39, 0.29) is 0 Å². The molecule has 0 aromatic rings. The Morgan fingerprint density at radius 3 is 2.64 bits per heavy atom. The van der Waals surface area contributed by atoms with E-state index in [9.17, 15) is 0 Å². The molecule has 1 heteroatoms. The van der Waals surface area contributed by atoms with E-state index in [0.29, 0.717) is 6.04 Å². The minimum Gasteiger partial charge on any atom is -0.317 e. The van der Waals surface area contributed by atoms with Crippen LogP contribution in [0, 0.1) is 0 Å². The van der Waals surface area contributed by atoms with Gasteiger partial charge >= 0.3 is 0 Å². The molecule has 0 aliphatic rings. The van der Waals surface area contributed by atoms with Crippen molar-refractivity contribution in [2.45, 2.75) is 33.2 Å². The van der Waals surface area contributed by atoms with E-state index in [1.165, 1.54) is 5.57 Å². The molecule has 64 valence electrons. The van der Waals surface area contributed by atoms with E-state index in [1.807, 2.05) is 20.0 Å². The van der Waals surface area contributed by atoms with Crippen molar-refractivity contribution < 1.29 is 0 Å². The van der Waals surface area contributed by atoms with E-state index in [0.717, 1.165) is 6.42 Å². The van der Waals surface area contributed by atoms with Crippen LogP contribution in [0.5, 0.6) is 0 Å². The van der Waals surface area contributed by atoms with Crippen molar-refractivity contribution in [3.63, 3.8) is 0 Å². The van der Waals surface area contributed by atoms with Crippen molar-refractivity contribution in [2.75, 3.05) is 7.05 Å². The maximum atomic E-state index is 3.21. The number of nitrogens with one attached hydrogen (secondary N) is 1. The standard InChI is InChI=1S/C10H19N/c1-5-6-7-9(2)8-10(3)11-4/h5-7,10-11H,8H2,1-4H3/b6-5-,9-7-/t10-/m1/s1. The van der Waals surface area contributed by atoms with Crippen molar-refractivity contribution in [3.8, 4) is 0 Å². The summed E-state index contributed by atoms with van der Waals surface area (Å²) in [4.78, 5) is 0. The van der Waals surface area contributed by atoms with Gasteiger partial charge in [-0.25, -0.2) is 0 Å². The maximum Gasteiger partial charge on any atom is 0.00729 e. The highest BCUT2D eigenvalue weighted by molar-refractivity contribution is 5.10. The van der Waals surface area contributed by atoms with E-state index < -0.39 is 0 Å². The molecule has 11 heavy (non-hydrogen) atoms. The van der Waals surface area contributed by atoms with Crippen LogP contribution in [0.3, 0.4) is 0 Å². The second-order valence-corrected chi connectivity index (χ2v) is 2.93. The van der Waals surface area contributed by atoms with Crippen LogP contribution in [0.25, 0.3) is 0 Å². The smallest absolute Gasteiger partial charge is 0.00729 e. The van der Waals surface area contributed by atoms with Gasteiger partial charge in [0, 0.05) is 6.04 Å². The molecule has 0 fully saturated rings. The van der Waals surface area contributed by atoms with Gasteiger partial charge in [-0.3, -0.25) is 0 Å². The normalized spacial score (nSPS) is 15.8. The summed E-state index contributed by atoms with van der Waals surface area (Å²) in [6.07, 6.45) is 7.42. The Balaban J connectivity index is 3.75. The molecule has 0 saturated carbocycles. The number of hydrogen-bond donors (Lipinski definition) is 1. The lowest BCUT2D eigenvalue weighted by Crippen LogP contribution is -2.20. The molecule has 0 bridgehead atoms. The van der Waals surface area contributed by atoms with Crippen LogP contribution in [-0.4, -0.2) is 13.1 Å². The molecule has 1 atom stereocenters. The molecule has 0 amide bonds. The van der Waals surface area contributed by atoms with Gasteiger partial charge in [0.2, 0.25) is 0 Å². The first-order valence-corrected chi connectivity index (χ1v) is 4.16. The van der Waals surface area contributed by atoms with Gasteiger partial charge in [0.05, 0.1) is 0 Å². The fraction of sp³-hybridized carbons (Fsp3) is 0.600. The van der Waals surface area contributed by atoms with Gasteiger partial charge in [-0.1, -0.05) is 23.8 Å². The van der Waals surface area contributed by atoms with E-state index in [4.69, 9.17) is 0 Å². The average molecular weight is 153 g/mol. The molecule has 0 unspecified atom stereocenters. The third kappa shape index (κ3) is 5.86. The Kier molecular flexibility index (Phi) is 5.86. The average Bonchev–Trinajstić information content (AvgIpc) is 2.00. The molecule has 0 aromatic carbocycles. The SMILES string of the molecule is C/C=C\C=C(\C)C[C@@H](C)NC. The Labute approximate surface area is 70.2 Å². The Morgan fingerprint density at radius 1 is 1.55 bits per heavy atom. The first kappa shape index (κ1) is 10.4. The molecule has 1 N–H and O–H groups in total. The van der Waals surface area contributed by atoms with Crippen LogP contribution in [0.4, 0.5) is 0 Å². The Hall–Kier alpha value is -0.560. The van der Waals surface area contributed by atoms with Gasteiger partial charge in [-0.15, -0.1) is 0 Å². The quantitative estimate of drug-likeness (QED) is 0.612. The zero-order valence-corrected chi connectivity index (χ0v) is 8.02. The highest BCUT2D eigenvalue weighted by Crippen LogP contribution is 2.03. The van der Waals surface area contributed by atoms with Gasteiger partial charge in [-0.2, -0.15) is 0 Å². The zero-order chi connectivity index (χ0) is 8.69. The van der Waals surface area contributed by atoms with E-state index >= 15 is 0 Å². The van der Waals surface area contributed by atoms with Crippen LogP contribution >= 0.6 is 0 Å². The molecule has 1 nitrogen and oxygen atoms in total. The number of allylic oxidation sites excluding steroid dienone is 3. The summed E-state index contributed by atoms with van der Waals surface area (Å²) in [5, 5.41) is 3.21. The molecule has 0 rings (SSSR count). The predicted octanol–water partition coefficient (Wildman–Crippen LogP) is 2.51. The second kappa shape index (κ2) is 6.17. The van der Waals surface area contributed by atoms with Gasteiger partial charge < -0.3 is 5.32 Å². The summed E-state index contributed by atoms with van der Waals surface area (Å²) in [6.45, 7) is 6.38. The molecule has 0 radical (unpaired) electrons. The second-order valence-electron chi connectivity index (χ2n) is 2.93. The molecular formula is C10H19N. The Bertz CT molecular complexity index is 145. The molecular weight excluding hydrogens is 134 g/mol. The summed E-state index contributed by atoms with van der Waals surface area (Å²) in [5.74, 6) is 0. The predicted molar refractivity (Wildman–Crippen MR) is 51.7 cm³/mol. The van der Waals surface area contributed by atoms with E-state index in [1.54, 1.807) is 0 Å². The minimum atomic E-state index is 0.580. The molecule has 0 saturated heterocycles. The van der Waals surface area contributed by atoms with Crippen LogP contribution in [0.1, 0.15) is 27.2 Å². The monoisotopic (exact) mass is 153 g/mol. The number of hydrogen-bond acceptors (Lipinski definition) is 1. The summed E-state index contributed by atoms with van der Waals surface area (Å²) >= 11 is 0. The first-order valence-electron chi connectivity index (χ1n) is 4.16. The number of rotatable bonds is 4. The van der Waals surface area contributed by atoms with Crippen molar-refractivity contribution in [1.29, 1.82) is 0 Å². The summed E-state index contributed by atoms with van der Waals surface area (Å²) in [6, 6.07) is 0.580. The van der Waals surface area contributed by atoms with Crippen molar-refractivity contribution >= 4 is 0 Å². The van der Waals surface area contributed by atoms with Gasteiger partial charge in [-0.05, 0) is 34.2 Å². The molecule has 0 spiro atoms.